The van der Waals surface area contributed by atoms with Gasteiger partial charge in [-0.15, -0.1) is 0 Å². The van der Waals surface area contributed by atoms with Crippen molar-refractivity contribution in [3.8, 4) is 0 Å². The van der Waals surface area contributed by atoms with E-state index in [1.54, 1.807) is 0 Å². The average Bonchev–Trinajstić information content (AvgIpc) is 2.41. The SMILES string of the molecule is NC(=S)c1cc(S(=O)(=O)NC2CCS(=O)CC2)ccc1F. The number of sulfonamides is 1. The zero-order valence-electron chi connectivity index (χ0n) is 11.0. The number of nitrogens with two attached hydrogens (primary N) is 1. The van der Waals surface area contributed by atoms with Crippen LogP contribution in [-0.2, 0) is 20.8 Å². The number of rotatable bonds is 4. The summed E-state index contributed by atoms with van der Waals surface area (Å²) in [4.78, 5) is -0.281. The lowest BCUT2D eigenvalue weighted by atomic mass is 10.2. The monoisotopic (exact) mass is 350 g/mol. The average molecular weight is 350 g/mol. The van der Waals surface area contributed by atoms with Crippen molar-refractivity contribution < 1.29 is 17.0 Å². The third kappa shape index (κ3) is 4.06. The van der Waals surface area contributed by atoms with Gasteiger partial charge in [-0.3, -0.25) is 4.21 Å². The van der Waals surface area contributed by atoms with Gasteiger partial charge in [0.25, 0.3) is 0 Å². The van der Waals surface area contributed by atoms with Gasteiger partial charge in [0.1, 0.15) is 10.8 Å². The Morgan fingerprint density at radius 1 is 1.38 bits per heavy atom. The summed E-state index contributed by atoms with van der Waals surface area (Å²) in [6, 6.07) is 3.06. The summed E-state index contributed by atoms with van der Waals surface area (Å²) in [6.07, 6.45) is 1.05. The molecule has 1 fully saturated rings. The van der Waals surface area contributed by atoms with Crippen molar-refractivity contribution in [2.75, 3.05) is 11.5 Å². The fourth-order valence-electron chi connectivity index (χ4n) is 2.06. The molecule has 21 heavy (non-hydrogen) atoms. The molecular weight excluding hydrogens is 335 g/mol. The van der Waals surface area contributed by atoms with Gasteiger partial charge in [-0.25, -0.2) is 17.5 Å². The summed E-state index contributed by atoms with van der Waals surface area (Å²) in [6.45, 7) is 0. The molecule has 1 aliphatic heterocycles. The fourth-order valence-corrected chi connectivity index (χ4v) is 4.85. The van der Waals surface area contributed by atoms with Gasteiger partial charge in [0.05, 0.1) is 4.90 Å². The Hall–Kier alpha value is -0.900. The molecule has 3 N–H and O–H groups in total. The van der Waals surface area contributed by atoms with Gasteiger partial charge in [-0.05, 0) is 31.0 Å². The van der Waals surface area contributed by atoms with Crippen LogP contribution in [0, 0.1) is 5.82 Å². The predicted octanol–water partition coefficient (Wildman–Crippen LogP) is 0.649. The van der Waals surface area contributed by atoms with E-state index < -0.39 is 26.6 Å². The summed E-state index contributed by atoms with van der Waals surface area (Å²) in [7, 11) is -4.65. The van der Waals surface area contributed by atoms with E-state index >= 15 is 0 Å². The molecule has 0 saturated carbocycles. The summed E-state index contributed by atoms with van der Waals surface area (Å²) in [5.74, 6) is 0.304. The minimum atomic E-state index is -3.78. The van der Waals surface area contributed by atoms with Gasteiger partial charge in [-0.2, -0.15) is 0 Å². The smallest absolute Gasteiger partial charge is 0.240 e. The molecule has 0 unspecified atom stereocenters. The Morgan fingerprint density at radius 2 is 2.00 bits per heavy atom. The third-order valence-corrected chi connectivity index (χ3v) is 6.34. The molecule has 2 rings (SSSR count). The van der Waals surface area contributed by atoms with Crippen LogP contribution in [-0.4, -0.2) is 35.2 Å². The summed E-state index contributed by atoms with van der Waals surface area (Å²) in [5, 5.41) is 0. The minimum Gasteiger partial charge on any atom is -0.389 e. The number of hydrogen-bond acceptors (Lipinski definition) is 4. The van der Waals surface area contributed by atoms with Crippen LogP contribution in [0.2, 0.25) is 0 Å². The number of hydrogen-bond donors (Lipinski definition) is 2. The van der Waals surface area contributed by atoms with E-state index in [9.17, 15) is 17.0 Å². The van der Waals surface area contributed by atoms with E-state index in [2.05, 4.69) is 4.72 Å². The van der Waals surface area contributed by atoms with E-state index in [0.29, 0.717) is 24.3 Å². The lowest BCUT2D eigenvalue weighted by Crippen LogP contribution is -2.39. The zero-order valence-corrected chi connectivity index (χ0v) is 13.5. The molecule has 1 aromatic rings. The molecule has 1 aliphatic rings. The van der Waals surface area contributed by atoms with E-state index in [-0.39, 0.29) is 21.5 Å². The first-order valence-electron chi connectivity index (χ1n) is 6.26. The van der Waals surface area contributed by atoms with Crippen molar-refractivity contribution in [1.29, 1.82) is 0 Å². The Bertz CT molecular complexity index is 681. The fraction of sp³-hybridized carbons (Fsp3) is 0.417. The highest BCUT2D eigenvalue weighted by molar-refractivity contribution is 7.89. The molecule has 0 aliphatic carbocycles. The highest BCUT2D eigenvalue weighted by atomic mass is 32.2. The second-order valence-electron chi connectivity index (χ2n) is 4.75. The summed E-state index contributed by atoms with van der Waals surface area (Å²) in [5.41, 5.74) is 5.27. The predicted molar refractivity (Wildman–Crippen MR) is 83.5 cm³/mol. The number of nitrogens with one attached hydrogen (secondary N) is 1. The molecule has 0 amide bonds. The van der Waals surface area contributed by atoms with Crippen molar-refractivity contribution in [3.05, 3.63) is 29.6 Å². The van der Waals surface area contributed by atoms with Crippen LogP contribution in [0.25, 0.3) is 0 Å². The lowest BCUT2D eigenvalue weighted by Gasteiger charge is -2.22. The zero-order chi connectivity index (χ0) is 15.6. The standard InChI is InChI=1S/C12H15FN2O3S3/c13-11-2-1-9(7-10(11)12(14)19)21(17,18)15-8-3-5-20(16)6-4-8/h1-2,7-8,15H,3-6H2,(H2,14,19). The second-order valence-corrected chi connectivity index (χ2v) is 8.60. The molecule has 9 heteroatoms. The Kier molecular flexibility index (Phi) is 5.07. The number of halogens is 1. The van der Waals surface area contributed by atoms with E-state index in [1.165, 1.54) is 6.07 Å². The van der Waals surface area contributed by atoms with Gasteiger partial charge in [0.15, 0.2) is 0 Å². The van der Waals surface area contributed by atoms with Gasteiger partial charge < -0.3 is 5.73 Å². The molecule has 1 saturated heterocycles. The molecule has 0 bridgehead atoms. The van der Waals surface area contributed by atoms with Crippen molar-refractivity contribution >= 4 is 38.0 Å². The first-order chi connectivity index (χ1) is 9.79. The summed E-state index contributed by atoms with van der Waals surface area (Å²) < 4.78 is 51.9. The molecule has 116 valence electrons. The molecular formula is C12H15FN2O3S3. The molecule has 5 nitrogen and oxygen atoms in total. The number of benzene rings is 1. The maximum absolute atomic E-state index is 13.5. The highest BCUT2D eigenvalue weighted by Gasteiger charge is 2.24. The largest absolute Gasteiger partial charge is 0.389 e. The first-order valence-corrected chi connectivity index (χ1v) is 9.64. The molecule has 0 aromatic heterocycles. The quantitative estimate of drug-likeness (QED) is 0.778. The Balaban J connectivity index is 2.21. The third-order valence-electron chi connectivity index (χ3n) is 3.22. The van der Waals surface area contributed by atoms with Gasteiger partial charge in [0, 0.05) is 33.9 Å². The number of thiocarbonyl (C=S) groups is 1. The van der Waals surface area contributed by atoms with Crippen molar-refractivity contribution in [2.24, 2.45) is 5.73 Å². The van der Waals surface area contributed by atoms with Crippen LogP contribution in [0.4, 0.5) is 4.39 Å². The highest BCUT2D eigenvalue weighted by Crippen LogP contribution is 2.18. The maximum atomic E-state index is 13.5. The van der Waals surface area contributed by atoms with Crippen molar-refractivity contribution in [2.45, 2.75) is 23.8 Å². The van der Waals surface area contributed by atoms with Crippen LogP contribution in [0.5, 0.6) is 0 Å². The van der Waals surface area contributed by atoms with E-state index in [0.717, 1.165) is 12.1 Å². The normalized spacial score (nSPS) is 22.9. The first kappa shape index (κ1) is 16.5. The van der Waals surface area contributed by atoms with E-state index in [1.807, 2.05) is 0 Å². The van der Waals surface area contributed by atoms with Crippen LogP contribution >= 0.6 is 12.2 Å². The van der Waals surface area contributed by atoms with Gasteiger partial charge in [-0.1, -0.05) is 12.2 Å². The molecule has 1 heterocycles. The van der Waals surface area contributed by atoms with Gasteiger partial charge >= 0.3 is 0 Å². The second kappa shape index (κ2) is 6.47. The van der Waals surface area contributed by atoms with Crippen LogP contribution in [0.3, 0.4) is 0 Å². The minimum absolute atomic E-state index is 0.0848. The molecule has 0 atom stereocenters. The topological polar surface area (TPSA) is 89.3 Å². The summed E-state index contributed by atoms with van der Waals surface area (Å²) >= 11 is 4.70. The van der Waals surface area contributed by atoms with E-state index in [4.69, 9.17) is 18.0 Å². The van der Waals surface area contributed by atoms with Crippen LogP contribution < -0.4 is 10.5 Å². The van der Waals surface area contributed by atoms with Crippen molar-refractivity contribution in [1.82, 2.24) is 4.72 Å². The molecule has 0 spiro atoms. The van der Waals surface area contributed by atoms with Gasteiger partial charge in [0.2, 0.25) is 10.0 Å². The van der Waals surface area contributed by atoms with Crippen LogP contribution in [0.15, 0.2) is 23.1 Å². The Labute approximate surface area is 130 Å². The van der Waals surface area contributed by atoms with Crippen LogP contribution in [0.1, 0.15) is 18.4 Å². The van der Waals surface area contributed by atoms with Crippen molar-refractivity contribution in [3.63, 3.8) is 0 Å². The molecule has 1 aromatic carbocycles. The Morgan fingerprint density at radius 3 is 2.57 bits per heavy atom. The maximum Gasteiger partial charge on any atom is 0.240 e. The molecule has 0 radical (unpaired) electrons. The lowest BCUT2D eigenvalue weighted by molar-refractivity contribution is 0.521.